The van der Waals surface area contributed by atoms with Crippen LogP contribution < -0.4 is 10.6 Å². The molecule has 6 heteroatoms. The lowest BCUT2D eigenvalue weighted by molar-refractivity contribution is 0.952. The van der Waals surface area contributed by atoms with Crippen LogP contribution in [0.1, 0.15) is 23.2 Å². The lowest BCUT2D eigenvalue weighted by atomic mass is 10.3. The molecule has 0 saturated carbocycles. The van der Waals surface area contributed by atoms with Crippen molar-refractivity contribution in [1.82, 2.24) is 15.0 Å². The van der Waals surface area contributed by atoms with Crippen LogP contribution in [0.5, 0.6) is 0 Å². The quantitative estimate of drug-likeness (QED) is 0.850. The zero-order valence-corrected chi connectivity index (χ0v) is 12.3. The first kappa shape index (κ1) is 13.7. The molecular weight excluding hydrogens is 258 g/mol. The van der Waals surface area contributed by atoms with Crippen molar-refractivity contribution in [2.24, 2.45) is 0 Å². The second-order valence-corrected chi connectivity index (χ2v) is 5.32. The van der Waals surface area contributed by atoms with Gasteiger partial charge < -0.3 is 10.6 Å². The lowest BCUT2D eigenvalue weighted by Crippen LogP contribution is -2.10. The van der Waals surface area contributed by atoms with Gasteiger partial charge in [0.05, 0.1) is 10.7 Å². The SMILES string of the molecule is CCNc1ncnc(NCCc2csc(C)n2)c1C. The summed E-state index contributed by atoms with van der Waals surface area (Å²) in [6.07, 6.45) is 2.49. The lowest BCUT2D eigenvalue weighted by Gasteiger charge is -2.11. The van der Waals surface area contributed by atoms with E-state index in [0.29, 0.717) is 0 Å². The molecule has 102 valence electrons. The summed E-state index contributed by atoms with van der Waals surface area (Å²) in [6, 6.07) is 0. The Morgan fingerprint density at radius 1 is 1.16 bits per heavy atom. The Morgan fingerprint density at radius 2 is 1.89 bits per heavy atom. The number of aryl methyl sites for hydroxylation is 1. The fraction of sp³-hybridized carbons (Fsp3) is 0.462. The van der Waals surface area contributed by atoms with E-state index in [2.05, 4.69) is 37.9 Å². The van der Waals surface area contributed by atoms with Crippen LogP contribution in [0.3, 0.4) is 0 Å². The van der Waals surface area contributed by atoms with Gasteiger partial charge >= 0.3 is 0 Å². The van der Waals surface area contributed by atoms with E-state index in [1.54, 1.807) is 17.7 Å². The maximum absolute atomic E-state index is 4.44. The molecule has 0 fully saturated rings. The number of hydrogen-bond donors (Lipinski definition) is 2. The maximum atomic E-state index is 4.44. The molecular formula is C13H19N5S. The Balaban J connectivity index is 1.94. The van der Waals surface area contributed by atoms with Crippen molar-refractivity contribution in [2.75, 3.05) is 23.7 Å². The predicted octanol–water partition coefficient (Wildman–Crippen LogP) is 2.64. The molecule has 2 aromatic rings. The summed E-state index contributed by atoms with van der Waals surface area (Å²) in [5.74, 6) is 1.78. The van der Waals surface area contributed by atoms with Crippen LogP contribution in [0, 0.1) is 13.8 Å². The number of rotatable bonds is 6. The smallest absolute Gasteiger partial charge is 0.134 e. The van der Waals surface area contributed by atoms with Crippen molar-refractivity contribution in [2.45, 2.75) is 27.2 Å². The summed E-state index contributed by atoms with van der Waals surface area (Å²) in [7, 11) is 0. The summed E-state index contributed by atoms with van der Waals surface area (Å²) in [5, 5.41) is 9.79. The number of nitrogens with zero attached hydrogens (tertiary/aromatic N) is 3. The van der Waals surface area contributed by atoms with Crippen molar-refractivity contribution in [3.63, 3.8) is 0 Å². The normalized spacial score (nSPS) is 10.5. The third-order valence-electron chi connectivity index (χ3n) is 2.77. The molecule has 0 radical (unpaired) electrons. The van der Waals surface area contributed by atoms with Crippen molar-refractivity contribution in [1.29, 1.82) is 0 Å². The van der Waals surface area contributed by atoms with Crippen LogP contribution in [-0.4, -0.2) is 28.0 Å². The van der Waals surface area contributed by atoms with Crippen LogP contribution in [0.2, 0.25) is 0 Å². The minimum atomic E-state index is 0.826. The fourth-order valence-corrected chi connectivity index (χ4v) is 2.45. The molecule has 0 aromatic carbocycles. The van der Waals surface area contributed by atoms with Crippen LogP contribution in [0.15, 0.2) is 11.7 Å². The van der Waals surface area contributed by atoms with Crippen molar-refractivity contribution in [3.8, 4) is 0 Å². The van der Waals surface area contributed by atoms with Crippen molar-refractivity contribution in [3.05, 3.63) is 28.0 Å². The minimum Gasteiger partial charge on any atom is -0.370 e. The Labute approximate surface area is 117 Å². The summed E-state index contributed by atoms with van der Waals surface area (Å²) in [5.41, 5.74) is 2.19. The molecule has 0 spiro atoms. The Kier molecular flexibility index (Phi) is 4.68. The third-order valence-corrected chi connectivity index (χ3v) is 3.59. The summed E-state index contributed by atoms with van der Waals surface area (Å²) in [4.78, 5) is 12.9. The van der Waals surface area contributed by atoms with Gasteiger partial charge in [0.2, 0.25) is 0 Å². The Morgan fingerprint density at radius 3 is 2.53 bits per heavy atom. The minimum absolute atomic E-state index is 0.826. The summed E-state index contributed by atoms with van der Waals surface area (Å²) >= 11 is 1.69. The highest BCUT2D eigenvalue weighted by Gasteiger charge is 2.06. The average Bonchev–Trinajstić information content (AvgIpc) is 2.80. The monoisotopic (exact) mass is 277 g/mol. The highest BCUT2D eigenvalue weighted by molar-refractivity contribution is 7.09. The second-order valence-electron chi connectivity index (χ2n) is 4.26. The maximum Gasteiger partial charge on any atom is 0.134 e. The van der Waals surface area contributed by atoms with Crippen LogP contribution in [0.4, 0.5) is 11.6 Å². The molecule has 0 atom stereocenters. The topological polar surface area (TPSA) is 62.7 Å². The molecule has 2 rings (SSSR count). The molecule has 0 aliphatic rings. The number of anilines is 2. The van der Waals surface area contributed by atoms with Gasteiger partial charge in [-0.05, 0) is 20.8 Å². The zero-order valence-electron chi connectivity index (χ0n) is 11.5. The highest BCUT2D eigenvalue weighted by Crippen LogP contribution is 2.18. The van der Waals surface area contributed by atoms with E-state index in [-0.39, 0.29) is 0 Å². The zero-order chi connectivity index (χ0) is 13.7. The second kappa shape index (κ2) is 6.47. The molecule has 0 unspecified atom stereocenters. The number of hydrogen-bond acceptors (Lipinski definition) is 6. The van der Waals surface area contributed by atoms with Crippen LogP contribution in [0.25, 0.3) is 0 Å². The van der Waals surface area contributed by atoms with Gasteiger partial charge in [0, 0.05) is 30.5 Å². The molecule has 0 aliphatic heterocycles. The van der Waals surface area contributed by atoms with Gasteiger partial charge in [-0.2, -0.15) is 0 Å². The van der Waals surface area contributed by atoms with E-state index in [1.165, 1.54) is 0 Å². The molecule has 0 bridgehead atoms. The molecule has 2 heterocycles. The fourth-order valence-electron chi connectivity index (χ4n) is 1.81. The Bertz CT molecular complexity index is 538. The van der Waals surface area contributed by atoms with E-state index >= 15 is 0 Å². The number of aromatic nitrogens is 3. The van der Waals surface area contributed by atoms with Gasteiger partial charge in [0.25, 0.3) is 0 Å². The Hall–Kier alpha value is -1.69. The van der Waals surface area contributed by atoms with Crippen molar-refractivity contribution < 1.29 is 0 Å². The first-order valence-corrected chi connectivity index (χ1v) is 7.29. The molecule has 0 aliphatic carbocycles. The van der Waals surface area contributed by atoms with Gasteiger partial charge in [0.1, 0.15) is 18.0 Å². The van der Waals surface area contributed by atoms with E-state index in [9.17, 15) is 0 Å². The molecule has 2 N–H and O–H groups in total. The first-order valence-electron chi connectivity index (χ1n) is 6.41. The van der Waals surface area contributed by atoms with Gasteiger partial charge in [0.15, 0.2) is 0 Å². The van der Waals surface area contributed by atoms with Crippen LogP contribution in [-0.2, 0) is 6.42 Å². The van der Waals surface area contributed by atoms with Gasteiger partial charge in [-0.1, -0.05) is 0 Å². The third kappa shape index (κ3) is 3.64. The molecule has 0 amide bonds. The standard InChI is InChI=1S/C13H19N5S/c1-4-14-12-9(2)13(17-8-16-12)15-6-5-11-7-19-10(3)18-11/h7-8H,4-6H2,1-3H3,(H2,14,15,16,17). The first-order chi connectivity index (χ1) is 9.20. The highest BCUT2D eigenvalue weighted by atomic mass is 32.1. The van der Waals surface area contributed by atoms with E-state index in [0.717, 1.165) is 47.4 Å². The number of nitrogens with one attached hydrogen (secondary N) is 2. The predicted molar refractivity (Wildman–Crippen MR) is 80.0 cm³/mol. The van der Waals surface area contributed by atoms with E-state index < -0.39 is 0 Å². The van der Waals surface area contributed by atoms with Crippen molar-refractivity contribution >= 4 is 23.0 Å². The van der Waals surface area contributed by atoms with Gasteiger partial charge in [-0.15, -0.1) is 11.3 Å². The largest absolute Gasteiger partial charge is 0.370 e. The summed E-state index contributed by atoms with van der Waals surface area (Å²) < 4.78 is 0. The number of thiazole rings is 1. The average molecular weight is 277 g/mol. The van der Waals surface area contributed by atoms with E-state index in [1.807, 2.05) is 13.8 Å². The summed E-state index contributed by atoms with van der Waals surface area (Å²) in [6.45, 7) is 7.79. The van der Waals surface area contributed by atoms with Crippen LogP contribution >= 0.6 is 11.3 Å². The van der Waals surface area contributed by atoms with Gasteiger partial charge in [-0.25, -0.2) is 15.0 Å². The molecule has 0 saturated heterocycles. The van der Waals surface area contributed by atoms with Gasteiger partial charge in [-0.3, -0.25) is 0 Å². The molecule has 19 heavy (non-hydrogen) atoms. The molecule has 2 aromatic heterocycles. The molecule has 5 nitrogen and oxygen atoms in total. The van der Waals surface area contributed by atoms with E-state index in [4.69, 9.17) is 0 Å².